The summed E-state index contributed by atoms with van der Waals surface area (Å²) in [5.41, 5.74) is 1.28. The summed E-state index contributed by atoms with van der Waals surface area (Å²) in [6.45, 7) is 1.91. The highest BCUT2D eigenvalue weighted by Crippen LogP contribution is 2.32. The van der Waals surface area contributed by atoms with Gasteiger partial charge in [-0.1, -0.05) is 6.07 Å². The molecule has 0 bridgehead atoms. The van der Waals surface area contributed by atoms with Crippen LogP contribution < -0.4 is 10.6 Å². The molecule has 2 heterocycles. The van der Waals surface area contributed by atoms with Crippen LogP contribution in [-0.4, -0.2) is 5.91 Å². The van der Waals surface area contributed by atoms with E-state index in [0.717, 1.165) is 11.3 Å². The van der Waals surface area contributed by atoms with Crippen molar-refractivity contribution < 1.29 is 13.6 Å². The zero-order chi connectivity index (χ0) is 13.4. The number of hydrogen-bond donors (Lipinski definition) is 2. The first-order valence-electron chi connectivity index (χ1n) is 6.05. The average molecular weight is 260 g/mol. The lowest BCUT2D eigenvalue weighted by molar-refractivity contribution is -0.117. The minimum absolute atomic E-state index is 0.109. The van der Waals surface area contributed by atoms with Crippen molar-refractivity contribution in [3.8, 4) is 0 Å². The normalized spacial score (nSPS) is 19.1. The Morgan fingerprint density at radius 1 is 1.42 bits per heavy atom. The molecule has 2 aromatic rings. The van der Waals surface area contributed by atoms with Crippen molar-refractivity contribution in [2.45, 2.75) is 19.0 Å². The van der Waals surface area contributed by atoms with Crippen LogP contribution in [0.5, 0.6) is 0 Å². The van der Waals surface area contributed by atoms with E-state index in [4.69, 9.17) is 4.42 Å². The van der Waals surface area contributed by atoms with Gasteiger partial charge in [0.2, 0.25) is 5.91 Å². The maximum absolute atomic E-state index is 13.1. The van der Waals surface area contributed by atoms with Crippen LogP contribution >= 0.6 is 0 Å². The highest BCUT2D eigenvalue weighted by atomic mass is 19.1. The van der Waals surface area contributed by atoms with Gasteiger partial charge in [-0.3, -0.25) is 10.1 Å². The number of benzene rings is 1. The van der Waals surface area contributed by atoms with Gasteiger partial charge in [0.1, 0.15) is 17.6 Å². The summed E-state index contributed by atoms with van der Waals surface area (Å²) in [4.78, 5) is 11.9. The fourth-order valence-electron chi connectivity index (χ4n) is 2.27. The Morgan fingerprint density at radius 3 is 3.00 bits per heavy atom. The Balaban J connectivity index is 1.84. The van der Waals surface area contributed by atoms with Crippen molar-refractivity contribution in [3.63, 3.8) is 0 Å². The van der Waals surface area contributed by atoms with Crippen molar-refractivity contribution in [1.29, 1.82) is 0 Å². The van der Waals surface area contributed by atoms with Gasteiger partial charge in [0, 0.05) is 11.3 Å². The van der Waals surface area contributed by atoms with Crippen LogP contribution in [0.4, 0.5) is 10.1 Å². The molecule has 0 aliphatic carbocycles. The van der Waals surface area contributed by atoms with E-state index in [1.807, 2.05) is 13.0 Å². The Hall–Kier alpha value is -2.14. The third-order valence-electron chi connectivity index (χ3n) is 3.23. The van der Waals surface area contributed by atoms with Crippen molar-refractivity contribution in [3.05, 3.63) is 53.7 Å². The first-order chi connectivity index (χ1) is 9.15. The minimum Gasteiger partial charge on any atom is -0.468 e. The maximum atomic E-state index is 13.1. The Morgan fingerprint density at radius 2 is 2.26 bits per heavy atom. The second-order valence-corrected chi connectivity index (χ2v) is 4.56. The molecule has 5 heteroatoms. The number of halogens is 1. The van der Waals surface area contributed by atoms with Crippen LogP contribution in [0.25, 0.3) is 0 Å². The molecule has 4 nitrogen and oxygen atoms in total. The fraction of sp³-hybridized carbons (Fsp3) is 0.214. The Bertz CT molecular complexity index is 610. The van der Waals surface area contributed by atoms with E-state index in [1.165, 1.54) is 12.1 Å². The minimum atomic E-state index is -0.490. The van der Waals surface area contributed by atoms with Gasteiger partial charge >= 0.3 is 0 Å². The molecule has 1 aliphatic rings. The van der Waals surface area contributed by atoms with Gasteiger partial charge in [0.15, 0.2) is 0 Å². The number of hydrogen-bond acceptors (Lipinski definition) is 3. The summed E-state index contributed by atoms with van der Waals surface area (Å²) >= 11 is 0. The molecule has 2 atom stereocenters. The molecule has 3 rings (SSSR count). The number of fused-ring (bicyclic) bond motifs is 1. The van der Waals surface area contributed by atoms with Crippen LogP contribution in [0.1, 0.15) is 30.3 Å². The predicted octanol–water partition coefficient (Wildman–Crippen LogP) is 2.76. The molecule has 0 saturated carbocycles. The van der Waals surface area contributed by atoms with Gasteiger partial charge in [-0.2, -0.15) is 0 Å². The molecule has 0 fully saturated rings. The lowest BCUT2D eigenvalue weighted by atomic mass is 10.1. The van der Waals surface area contributed by atoms with E-state index in [9.17, 15) is 9.18 Å². The first kappa shape index (κ1) is 11.9. The molecule has 1 aromatic heterocycles. The van der Waals surface area contributed by atoms with Crippen LogP contribution in [0.2, 0.25) is 0 Å². The highest BCUT2D eigenvalue weighted by Gasteiger charge is 2.32. The zero-order valence-corrected chi connectivity index (χ0v) is 10.3. The van der Waals surface area contributed by atoms with Crippen LogP contribution in [0.3, 0.4) is 0 Å². The summed E-state index contributed by atoms with van der Waals surface area (Å²) in [5, 5.41) is 5.85. The highest BCUT2D eigenvalue weighted by molar-refractivity contribution is 6.02. The zero-order valence-electron chi connectivity index (χ0n) is 10.3. The lowest BCUT2D eigenvalue weighted by Gasteiger charge is -2.16. The second kappa shape index (κ2) is 4.51. The fourth-order valence-corrected chi connectivity index (χ4v) is 2.27. The Kier molecular flexibility index (Phi) is 2.83. The van der Waals surface area contributed by atoms with E-state index in [-0.39, 0.29) is 17.8 Å². The smallest absolute Gasteiger partial charge is 0.246 e. The lowest BCUT2D eigenvalue weighted by Crippen LogP contribution is -2.29. The number of furan rings is 1. The molecular formula is C14H13FN2O2. The molecule has 0 radical (unpaired) electrons. The molecule has 2 N–H and O–H groups in total. The standard InChI is InChI=1S/C14H13FN2O2/c1-8(12-3-2-6-19-12)16-13-10-5-4-9(15)7-11(10)17-14(13)18/h2-8,13,16H,1H3,(H,17,18). The molecule has 98 valence electrons. The molecule has 2 unspecified atom stereocenters. The van der Waals surface area contributed by atoms with Crippen molar-refractivity contribution in [1.82, 2.24) is 5.32 Å². The maximum Gasteiger partial charge on any atom is 0.246 e. The van der Waals surface area contributed by atoms with E-state index in [1.54, 1.807) is 18.4 Å². The predicted molar refractivity (Wildman–Crippen MR) is 68.0 cm³/mol. The van der Waals surface area contributed by atoms with Crippen LogP contribution in [0, 0.1) is 5.82 Å². The quantitative estimate of drug-likeness (QED) is 0.892. The molecule has 1 amide bonds. The van der Waals surface area contributed by atoms with Gasteiger partial charge in [-0.15, -0.1) is 0 Å². The van der Waals surface area contributed by atoms with Crippen molar-refractivity contribution in [2.24, 2.45) is 0 Å². The number of anilines is 1. The molecular weight excluding hydrogens is 247 g/mol. The van der Waals surface area contributed by atoms with Crippen molar-refractivity contribution >= 4 is 11.6 Å². The number of carbonyl (C=O) groups excluding carboxylic acids is 1. The van der Waals surface area contributed by atoms with Gasteiger partial charge < -0.3 is 9.73 Å². The largest absolute Gasteiger partial charge is 0.468 e. The van der Waals surface area contributed by atoms with Crippen LogP contribution in [0.15, 0.2) is 41.0 Å². The number of carbonyl (C=O) groups is 1. The summed E-state index contributed by atoms with van der Waals surface area (Å²) < 4.78 is 18.4. The van der Waals surface area contributed by atoms with Gasteiger partial charge in [0.25, 0.3) is 0 Å². The average Bonchev–Trinajstić information content (AvgIpc) is 2.98. The summed E-state index contributed by atoms with van der Waals surface area (Å²) in [6.07, 6.45) is 1.59. The third kappa shape index (κ3) is 2.13. The molecule has 1 aromatic carbocycles. The second-order valence-electron chi connectivity index (χ2n) is 4.56. The molecule has 0 spiro atoms. The summed E-state index contributed by atoms with van der Waals surface area (Å²) in [6, 6.07) is 7.34. The van der Waals surface area contributed by atoms with Gasteiger partial charge in [-0.25, -0.2) is 4.39 Å². The Labute approximate surface area is 109 Å². The van der Waals surface area contributed by atoms with Gasteiger partial charge in [0.05, 0.1) is 12.3 Å². The number of rotatable bonds is 3. The van der Waals surface area contributed by atoms with Gasteiger partial charge in [-0.05, 0) is 31.2 Å². The molecule has 19 heavy (non-hydrogen) atoms. The molecule has 0 saturated heterocycles. The number of amides is 1. The molecule has 1 aliphatic heterocycles. The van der Waals surface area contributed by atoms with E-state index >= 15 is 0 Å². The summed E-state index contributed by atoms with van der Waals surface area (Å²) in [5.74, 6) is 0.209. The van der Waals surface area contributed by atoms with Crippen LogP contribution in [-0.2, 0) is 4.79 Å². The topological polar surface area (TPSA) is 54.3 Å². The summed E-state index contributed by atoms with van der Waals surface area (Å²) in [7, 11) is 0. The number of nitrogens with one attached hydrogen (secondary N) is 2. The van der Waals surface area contributed by atoms with E-state index < -0.39 is 6.04 Å². The SMILES string of the molecule is CC(NC1C(=O)Nc2cc(F)ccc21)c1ccco1. The first-order valence-corrected chi connectivity index (χ1v) is 6.05. The van der Waals surface area contributed by atoms with Crippen molar-refractivity contribution in [2.75, 3.05) is 5.32 Å². The van der Waals surface area contributed by atoms with E-state index in [0.29, 0.717) is 5.69 Å². The third-order valence-corrected chi connectivity index (χ3v) is 3.23. The monoisotopic (exact) mass is 260 g/mol. The van der Waals surface area contributed by atoms with E-state index in [2.05, 4.69) is 10.6 Å².